The van der Waals surface area contributed by atoms with Crippen molar-refractivity contribution in [3.8, 4) is 6.07 Å². The number of rotatable bonds is 3. The molecule has 0 aromatic heterocycles. The van der Waals surface area contributed by atoms with Crippen LogP contribution in [-0.2, 0) is 0 Å². The van der Waals surface area contributed by atoms with Crippen molar-refractivity contribution in [1.29, 1.82) is 5.26 Å². The molecule has 0 atom stereocenters. The van der Waals surface area contributed by atoms with Gasteiger partial charge in [-0.15, -0.1) is 0 Å². The zero-order valence-corrected chi connectivity index (χ0v) is 9.31. The van der Waals surface area contributed by atoms with Gasteiger partial charge in [-0.25, -0.2) is 0 Å². The molecule has 1 aromatic carbocycles. The fourth-order valence-electron chi connectivity index (χ4n) is 1.81. The Bertz CT molecular complexity index is 426. The number of amides is 1. The molecule has 16 heavy (non-hydrogen) atoms. The molecule has 1 aliphatic carbocycles. The first-order chi connectivity index (χ1) is 7.76. The maximum Gasteiger partial charge on any atom is 0.254 e. The van der Waals surface area contributed by atoms with Gasteiger partial charge in [0.05, 0.1) is 11.6 Å². The Morgan fingerprint density at radius 3 is 2.50 bits per heavy atom. The zero-order chi connectivity index (χ0) is 11.5. The molecular weight excluding hydrogens is 200 g/mol. The zero-order valence-electron chi connectivity index (χ0n) is 9.31. The van der Waals surface area contributed by atoms with E-state index < -0.39 is 0 Å². The summed E-state index contributed by atoms with van der Waals surface area (Å²) in [7, 11) is 0. The molecular formula is C13H14N2O. The molecule has 1 amide bonds. The maximum atomic E-state index is 12.1. The number of nitriles is 1. The summed E-state index contributed by atoms with van der Waals surface area (Å²) in [6, 6.07) is 9.32. The van der Waals surface area contributed by atoms with Crippen molar-refractivity contribution in [3.05, 3.63) is 35.4 Å². The lowest BCUT2D eigenvalue weighted by Gasteiger charge is -2.20. The molecule has 1 aromatic rings. The van der Waals surface area contributed by atoms with E-state index in [1.165, 1.54) is 0 Å². The molecule has 0 bridgehead atoms. The van der Waals surface area contributed by atoms with E-state index in [4.69, 9.17) is 5.26 Å². The van der Waals surface area contributed by atoms with Gasteiger partial charge in [-0.1, -0.05) is 0 Å². The van der Waals surface area contributed by atoms with Gasteiger partial charge in [-0.3, -0.25) is 4.79 Å². The van der Waals surface area contributed by atoms with Crippen molar-refractivity contribution in [2.75, 3.05) is 6.54 Å². The van der Waals surface area contributed by atoms with Gasteiger partial charge in [0.1, 0.15) is 0 Å². The van der Waals surface area contributed by atoms with Crippen molar-refractivity contribution >= 4 is 5.91 Å². The van der Waals surface area contributed by atoms with Crippen LogP contribution in [0.25, 0.3) is 0 Å². The van der Waals surface area contributed by atoms with Crippen molar-refractivity contribution in [3.63, 3.8) is 0 Å². The second-order valence-corrected chi connectivity index (χ2v) is 4.01. The van der Waals surface area contributed by atoms with Crippen LogP contribution in [0.1, 0.15) is 35.7 Å². The smallest absolute Gasteiger partial charge is 0.254 e. The quantitative estimate of drug-likeness (QED) is 0.774. The fraction of sp³-hybridized carbons (Fsp3) is 0.385. The molecule has 1 saturated carbocycles. The van der Waals surface area contributed by atoms with Gasteiger partial charge in [0, 0.05) is 18.2 Å². The topological polar surface area (TPSA) is 44.1 Å². The number of hydrogen-bond donors (Lipinski definition) is 0. The predicted octanol–water partition coefficient (Wildman–Crippen LogP) is 2.18. The maximum absolute atomic E-state index is 12.1. The van der Waals surface area contributed by atoms with Gasteiger partial charge in [0.25, 0.3) is 5.91 Å². The molecule has 0 unspecified atom stereocenters. The molecule has 82 valence electrons. The first-order valence-corrected chi connectivity index (χ1v) is 5.57. The monoisotopic (exact) mass is 214 g/mol. The summed E-state index contributed by atoms with van der Waals surface area (Å²) >= 11 is 0. The van der Waals surface area contributed by atoms with E-state index in [-0.39, 0.29) is 5.91 Å². The van der Waals surface area contributed by atoms with E-state index >= 15 is 0 Å². The van der Waals surface area contributed by atoms with Crippen LogP contribution < -0.4 is 0 Å². The summed E-state index contributed by atoms with van der Waals surface area (Å²) in [5.74, 6) is 0.0782. The third-order valence-electron chi connectivity index (χ3n) is 2.85. The summed E-state index contributed by atoms with van der Waals surface area (Å²) in [6.07, 6.45) is 2.24. The Hall–Kier alpha value is -1.82. The highest BCUT2D eigenvalue weighted by molar-refractivity contribution is 5.94. The minimum atomic E-state index is 0.0782. The molecule has 0 spiro atoms. The molecule has 0 aliphatic heterocycles. The van der Waals surface area contributed by atoms with Gasteiger partial charge in [-0.2, -0.15) is 5.26 Å². The molecule has 3 nitrogen and oxygen atoms in total. The van der Waals surface area contributed by atoms with Crippen LogP contribution in [0.2, 0.25) is 0 Å². The minimum Gasteiger partial charge on any atom is -0.336 e. The number of nitrogens with zero attached hydrogens (tertiary/aromatic N) is 2. The van der Waals surface area contributed by atoms with E-state index in [1.54, 1.807) is 24.3 Å². The van der Waals surface area contributed by atoms with Gasteiger partial charge >= 0.3 is 0 Å². The summed E-state index contributed by atoms with van der Waals surface area (Å²) in [5.41, 5.74) is 1.26. The molecule has 3 heteroatoms. The van der Waals surface area contributed by atoms with Crippen LogP contribution in [0.4, 0.5) is 0 Å². The average molecular weight is 214 g/mol. The van der Waals surface area contributed by atoms with E-state index in [0.717, 1.165) is 19.4 Å². The fourth-order valence-corrected chi connectivity index (χ4v) is 1.81. The van der Waals surface area contributed by atoms with E-state index in [1.807, 2.05) is 17.9 Å². The Morgan fingerprint density at radius 2 is 2.06 bits per heavy atom. The molecule has 2 rings (SSSR count). The Labute approximate surface area is 95.3 Å². The van der Waals surface area contributed by atoms with Crippen molar-refractivity contribution in [1.82, 2.24) is 4.90 Å². The second-order valence-electron chi connectivity index (χ2n) is 4.01. The second kappa shape index (κ2) is 4.36. The number of benzene rings is 1. The van der Waals surface area contributed by atoms with Crippen LogP contribution >= 0.6 is 0 Å². The first-order valence-electron chi connectivity index (χ1n) is 5.57. The van der Waals surface area contributed by atoms with Crippen LogP contribution in [0.15, 0.2) is 24.3 Å². The van der Waals surface area contributed by atoms with E-state index in [9.17, 15) is 4.79 Å². The summed E-state index contributed by atoms with van der Waals surface area (Å²) in [4.78, 5) is 14.0. The Balaban J connectivity index is 2.16. The van der Waals surface area contributed by atoms with Crippen LogP contribution in [0.3, 0.4) is 0 Å². The third-order valence-corrected chi connectivity index (χ3v) is 2.85. The SMILES string of the molecule is CCN(C(=O)c1ccc(C#N)cc1)C1CC1. The summed E-state index contributed by atoms with van der Waals surface area (Å²) < 4.78 is 0. The average Bonchev–Trinajstić information content (AvgIpc) is 3.14. The third kappa shape index (κ3) is 2.06. The molecule has 0 heterocycles. The lowest BCUT2D eigenvalue weighted by atomic mass is 10.1. The Kier molecular flexibility index (Phi) is 2.91. The van der Waals surface area contributed by atoms with Crippen LogP contribution in [0.5, 0.6) is 0 Å². The number of carbonyl (C=O) groups is 1. The number of hydrogen-bond acceptors (Lipinski definition) is 2. The van der Waals surface area contributed by atoms with Crippen molar-refractivity contribution in [2.45, 2.75) is 25.8 Å². The van der Waals surface area contributed by atoms with Crippen LogP contribution in [0, 0.1) is 11.3 Å². The standard InChI is InChI=1S/C13H14N2O/c1-2-15(12-7-8-12)13(16)11-5-3-10(9-14)4-6-11/h3-6,12H,2,7-8H2,1H3. The van der Waals surface area contributed by atoms with Crippen molar-refractivity contribution < 1.29 is 4.79 Å². The Morgan fingerprint density at radius 1 is 1.44 bits per heavy atom. The highest BCUT2D eigenvalue weighted by atomic mass is 16.2. The first kappa shape index (κ1) is 10.7. The van der Waals surface area contributed by atoms with Gasteiger partial charge in [-0.05, 0) is 44.0 Å². The minimum absolute atomic E-state index is 0.0782. The van der Waals surface area contributed by atoms with E-state index in [0.29, 0.717) is 17.2 Å². The normalized spacial score (nSPS) is 14.2. The van der Waals surface area contributed by atoms with Gasteiger partial charge < -0.3 is 4.90 Å². The molecule has 0 N–H and O–H groups in total. The summed E-state index contributed by atoms with van der Waals surface area (Å²) in [6.45, 7) is 2.75. The van der Waals surface area contributed by atoms with Crippen molar-refractivity contribution in [2.24, 2.45) is 0 Å². The predicted molar refractivity (Wildman–Crippen MR) is 60.9 cm³/mol. The lowest BCUT2D eigenvalue weighted by Crippen LogP contribution is -2.32. The highest BCUT2D eigenvalue weighted by Gasteiger charge is 2.31. The lowest BCUT2D eigenvalue weighted by molar-refractivity contribution is 0.0752. The van der Waals surface area contributed by atoms with Gasteiger partial charge in [0.2, 0.25) is 0 Å². The summed E-state index contributed by atoms with van der Waals surface area (Å²) in [5, 5.41) is 8.68. The van der Waals surface area contributed by atoms with Crippen LogP contribution in [-0.4, -0.2) is 23.4 Å². The highest BCUT2D eigenvalue weighted by Crippen LogP contribution is 2.27. The molecule has 0 saturated heterocycles. The molecule has 0 radical (unpaired) electrons. The van der Waals surface area contributed by atoms with Gasteiger partial charge in [0.15, 0.2) is 0 Å². The largest absolute Gasteiger partial charge is 0.336 e. The molecule has 1 fully saturated rings. The molecule has 1 aliphatic rings. The van der Waals surface area contributed by atoms with E-state index in [2.05, 4.69) is 0 Å². The number of carbonyl (C=O) groups excluding carboxylic acids is 1.